The molecule has 0 unspecified atom stereocenters. The second-order valence-corrected chi connectivity index (χ2v) is 1.38. The Kier molecular flexibility index (Phi) is 1.13. The molecule has 0 aliphatic heterocycles. The Balaban J connectivity index is 2.76. The van der Waals surface area contributed by atoms with E-state index < -0.39 is 0 Å². The molecule has 0 saturated heterocycles. The fraction of sp³-hybridized carbons (Fsp3) is 0.200. The van der Waals surface area contributed by atoms with Crippen molar-refractivity contribution in [3.63, 3.8) is 0 Å². The Morgan fingerprint density at radius 1 is 1.71 bits per heavy atom. The highest BCUT2D eigenvalue weighted by Crippen LogP contribution is 1.94. The standard InChI is InChI=1S/C5H7NO/c6-3-5-1-2-7-4-5/h1-2,4H,3,6H2/p+1. The lowest BCUT2D eigenvalue weighted by atomic mass is 10.4. The van der Waals surface area contributed by atoms with Crippen LogP contribution in [0.2, 0.25) is 0 Å². The monoisotopic (exact) mass is 98.1 g/mol. The van der Waals surface area contributed by atoms with Gasteiger partial charge in [0, 0.05) is 5.56 Å². The van der Waals surface area contributed by atoms with Crippen molar-refractivity contribution in [2.45, 2.75) is 6.54 Å². The molecule has 38 valence electrons. The van der Waals surface area contributed by atoms with Gasteiger partial charge < -0.3 is 10.2 Å². The molecule has 0 amide bonds. The third-order valence-electron chi connectivity index (χ3n) is 0.869. The molecule has 1 aromatic heterocycles. The highest BCUT2D eigenvalue weighted by Gasteiger charge is 1.86. The van der Waals surface area contributed by atoms with E-state index in [2.05, 4.69) is 5.73 Å². The lowest BCUT2D eigenvalue weighted by Crippen LogP contribution is -2.47. The SMILES string of the molecule is [NH3+]Cc1ccoc1. The number of hydrogen-bond acceptors (Lipinski definition) is 1. The van der Waals surface area contributed by atoms with E-state index in [1.807, 2.05) is 6.07 Å². The van der Waals surface area contributed by atoms with Crippen LogP contribution in [-0.4, -0.2) is 0 Å². The van der Waals surface area contributed by atoms with Crippen molar-refractivity contribution >= 4 is 0 Å². The van der Waals surface area contributed by atoms with E-state index in [0.717, 1.165) is 12.1 Å². The number of rotatable bonds is 1. The van der Waals surface area contributed by atoms with Crippen LogP contribution in [0.4, 0.5) is 0 Å². The maximum atomic E-state index is 4.77. The summed E-state index contributed by atoms with van der Waals surface area (Å²) in [6, 6.07) is 1.91. The van der Waals surface area contributed by atoms with Crippen molar-refractivity contribution in [1.82, 2.24) is 0 Å². The Labute approximate surface area is 41.9 Å². The predicted molar refractivity (Wildman–Crippen MR) is 25.3 cm³/mol. The van der Waals surface area contributed by atoms with Gasteiger partial charge in [-0.1, -0.05) is 0 Å². The largest absolute Gasteiger partial charge is 0.472 e. The summed E-state index contributed by atoms with van der Waals surface area (Å²) in [5.41, 5.74) is 4.82. The summed E-state index contributed by atoms with van der Waals surface area (Å²) in [5.74, 6) is 0. The van der Waals surface area contributed by atoms with E-state index in [1.165, 1.54) is 0 Å². The van der Waals surface area contributed by atoms with Gasteiger partial charge in [0.15, 0.2) is 0 Å². The van der Waals surface area contributed by atoms with Crippen molar-refractivity contribution in [2.24, 2.45) is 0 Å². The van der Waals surface area contributed by atoms with Gasteiger partial charge in [0.2, 0.25) is 0 Å². The van der Waals surface area contributed by atoms with E-state index in [9.17, 15) is 0 Å². The highest BCUT2D eigenvalue weighted by atomic mass is 16.3. The van der Waals surface area contributed by atoms with Crippen molar-refractivity contribution in [2.75, 3.05) is 0 Å². The fourth-order valence-electron chi connectivity index (χ4n) is 0.435. The third kappa shape index (κ3) is 0.810. The summed E-state index contributed by atoms with van der Waals surface area (Å²) in [4.78, 5) is 0. The Bertz CT molecular complexity index is 123. The van der Waals surface area contributed by atoms with Gasteiger partial charge >= 0.3 is 0 Å². The van der Waals surface area contributed by atoms with Crippen LogP contribution in [0, 0.1) is 0 Å². The summed E-state index contributed by atoms with van der Waals surface area (Å²) >= 11 is 0. The fourth-order valence-corrected chi connectivity index (χ4v) is 0.435. The number of hydrogen-bond donors (Lipinski definition) is 1. The van der Waals surface area contributed by atoms with Gasteiger partial charge in [0.1, 0.15) is 6.54 Å². The highest BCUT2D eigenvalue weighted by molar-refractivity contribution is 5.02. The molecule has 3 N–H and O–H groups in total. The van der Waals surface area contributed by atoms with E-state index in [0.29, 0.717) is 0 Å². The van der Waals surface area contributed by atoms with Gasteiger partial charge in [-0.2, -0.15) is 0 Å². The van der Waals surface area contributed by atoms with E-state index in [1.54, 1.807) is 12.5 Å². The zero-order valence-electron chi connectivity index (χ0n) is 4.05. The van der Waals surface area contributed by atoms with Crippen LogP contribution in [-0.2, 0) is 6.54 Å². The lowest BCUT2D eigenvalue weighted by molar-refractivity contribution is -0.386. The molecule has 0 saturated carbocycles. The van der Waals surface area contributed by atoms with Crippen LogP contribution in [0.3, 0.4) is 0 Å². The quantitative estimate of drug-likeness (QED) is 0.528. The first-order valence-corrected chi connectivity index (χ1v) is 2.24. The normalized spacial score (nSPS) is 9.29. The molecule has 0 bridgehead atoms. The first-order chi connectivity index (χ1) is 3.43. The lowest BCUT2D eigenvalue weighted by Gasteiger charge is -1.74. The molecule has 1 aromatic rings. The van der Waals surface area contributed by atoms with Crippen LogP contribution in [0.25, 0.3) is 0 Å². The predicted octanol–water partition coefficient (Wildman–Crippen LogP) is 0.0215. The van der Waals surface area contributed by atoms with Gasteiger partial charge in [-0.15, -0.1) is 0 Å². The minimum Gasteiger partial charge on any atom is -0.472 e. The molecule has 0 atom stereocenters. The second kappa shape index (κ2) is 1.80. The molecule has 1 rings (SSSR count). The molecular formula is C5H8NO+. The topological polar surface area (TPSA) is 40.8 Å². The average Bonchev–Trinajstić information content (AvgIpc) is 2.14. The summed E-state index contributed by atoms with van der Waals surface area (Å²) in [6.07, 6.45) is 3.35. The minimum absolute atomic E-state index is 0.816. The van der Waals surface area contributed by atoms with Crippen molar-refractivity contribution in [3.8, 4) is 0 Å². The smallest absolute Gasteiger partial charge is 0.103 e. The summed E-state index contributed by atoms with van der Waals surface area (Å²) in [6.45, 7) is 0.816. The number of quaternary nitrogens is 1. The van der Waals surface area contributed by atoms with Crippen LogP contribution in [0.5, 0.6) is 0 Å². The average molecular weight is 98.1 g/mol. The van der Waals surface area contributed by atoms with Crippen molar-refractivity contribution in [1.29, 1.82) is 0 Å². The molecule has 0 aliphatic rings. The molecule has 7 heavy (non-hydrogen) atoms. The molecule has 1 heterocycles. The van der Waals surface area contributed by atoms with Gasteiger partial charge in [0.05, 0.1) is 12.5 Å². The summed E-state index contributed by atoms with van der Waals surface area (Å²) < 4.78 is 4.77. The molecule has 0 spiro atoms. The van der Waals surface area contributed by atoms with E-state index >= 15 is 0 Å². The van der Waals surface area contributed by atoms with Gasteiger partial charge in [-0.25, -0.2) is 0 Å². The zero-order valence-corrected chi connectivity index (χ0v) is 4.05. The van der Waals surface area contributed by atoms with Gasteiger partial charge in [-0.3, -0.25) is 0 Å². The molecule has 0 aromatic carbocycles. The summed E-state index contributed by atoms with van der Waals surface area (Å²) in [7, 11) is 0. The molecule has 2 heteroatoms. The Hall–Kier alpha value is -0.760. The van der Waals surface area contributed by atoms with E-state index in [-0.39, 0.29) is 0 Å². The van der Waals surface area contributed by atoms with E-state index in [4.69, 9.17) is 4.42 Å². The maximum Gasteiger partial charge on any atom is 0.103 e. The third-order valence-corrected chi connectivity index (χ3v) is 0.869. The minimum atomic E-state index is 0.816. The molecular weight excluding hydrogens is 90.1 g/mol. The van der Waals surface area contributed by atoms with Crippen LogP contribution in [0.1, 0.15) is 5.56 Å². The van der Waals surface area contributed by atoms with Crippen molar-refractivity contribution in [3.05, 3.63) is 24.2 Å². The van der Waals surface area contributed by atoms with Crippen LogP contribution >= 0.6 is 0 Å². The molecule has 0 radical (unpaired) electrons. The zero-order chi connectivity index (χ0) is 5.11. The molecule has 2 nitrogen and oxygen atoms in total. The summed E-state index contributed by atoms with van der Waals surface area (Å²) in [5, 5.41) is 0. The first-order valence-electron chi connectivity index (χ1n) is 2.24. The Morgan fingerprint density at radius 3 is 2.86 bits per heavy atom. The second-order valence-electron chi connectivity index (χ2n) is 1.38. The van der Waals surface area contributed by atoms with Gasteiger partial charge in [-0.05, 0) is 6.07 Å². The van der Waals surface area contributed by atoms with Crippen LogP contribution in [0.15, 0.2) is 23.0 Å². The first kappa shape index (κ1) is 4.40. The number of furan rings is 1. The maximum absolute atomic E-state index is 4.77. The van der Waals surface area contributed by atoms with Crippen LogP contribution < -0.4 is 5.73 Å². The van der Waals surface area contributed by atoms with Crippen molar-refractivity contribution < 1.29 is 10.2 Å². The molecule has 0 fully saturated rings. The Morgan fingerprint density at radius 2 is 2.57 bits per heavy atom. The van der Waals surface area contributed by atoms with Gasteiger partial charge in [0.25, 0.3) is 0 Å². The molecule has 0 aliphatic carbocycles.